The summed E-state index contributed by atoms with van der Waals surface area (Å²) in [5.74, 6) is 0.141. The van der Waals surface area contributed by atoms with E-state index in [1.807, 2.05) is 30.3 Å². The first-order valence-electron chi connectivity index (χ1n) is 9.16. The average molecular weight is 429 g/mol. The van der Waals surface area contributed by atoms with Crippen molar-refractivity contribution in [3.8, 4) is 5.75 Å². The zero-order chi connectivity index (χ0) is 21.9. The molecule has 3 rings (SSSR count). The summed E-state index contributed by atoms with van der Waals surface area (Å²) in [6.07, 6.45) is 0. The van der Waals surface area contributed by atoms with E-state index in [1.165, 1.54) is 36.7 Å². The normalized spacial score (nSPS) is 11.5. The Bertz CT molecular complexity index is 1140. The van der Waals surface area contributed by atoms with Crippen molar-refractivity contribution in [2.24, 2.45) is 0 Å². The lowest BCUT2D eigenvalue weighted by molar-refractivity contribution is 0.102. The molecule has 2 aromatic carbocycles. The number of hydrogen-bond donors (Lipinski definition) is 1. The number of anilines is 1. The number of rotatable bonds is 7. The molecule has 30 heavy (non-hydrogen) atoms. The first-order valence-corrected chi connectivity index (χ1v) is 10.6. The number of hydrogen-bond acceptors (Lipinski definition) is 6. The molecule has 1 aromatic heterocycles. The van der Waals surface area contributed by atoms with Crippen LogP contribution in [0.5, 0.6) is 5.75 Å². The summed E-state index contributed by atoms with van der Waals surface area (Å²) < 4.78 is 37.9. The summed E-state index contributed by atoms with van der Waals surface area (Å²) in [7, 11) is -1.05. The van der Waals surface area contributed by atoms with Gasteiger partial charge in [-0.1, -0.05) is 35.5 Å². The van der Waals surface area contributed by atoms with Crippen molar-refractivity contribution in [2.45, 2.75) is 25.3 Å². The molecule has 158 valence electrons. The summed E-state index contributed by atoms with van der Waals surface area (Å²) >= 11 is 0. The van der Waals surface area contributed by atoms with Gasteiger partial charge in [-0.05, 0) is 37.6 Å². The largest absolute Gasteiger partial charge is 0.495 e. The molecule has 9 heteroatoms. The summed E-state index contributed by atoms with van der Waals surface area (Å²) in [6.45, 7) is 3.56. The van der Waals surface area contributed by atoms with E-state index in [2.05, 4.69) is 10.5 Å². The van der Waals surface area contributed by atoms with Gasteiger partial charge in [0.2, 0.25) is 10.0 Å². The van der Waals surface area contributed by atoms with E-state index in [-0.39, 0.29) is 22.8 Å². The smallest absolute Gasteiger partial charge is 0.255 e. The number of carbonyl (C=O) groups excluding carboxylic acids is 1. The zero-order valence-corrected chi connectivity index (χ0v) is 18.0. The Morgan fingerprint density at radius 1 is 1.17 bits per heavy atom. The van der Waals surface area contributed by atoms with Crippen LogP contribution in [0.4, 0.5) is 5.69 Å². The maximum atomic E-state index is 13.2. The zero-order valence-electron chi connectivity index (χ0n) is 17.2. The minimum Gasteiger partial charge on any atom is -0.495 e. The highest BCUT2D eigenvalue weighted by Gasteiger charge is 2.27. The summed E-state index contributed by atoms with van der Waals surface area (Å²) in [4.78, 5) is 12.6. The fourth-order valence-electron chi connectivity index (χ4n) is 2.96. The maximum absolute atomic E-state index is 13.2. The Balaban J connectivity index is 1.92. The van der Waals surface area contributed by atoms with Gasteiger partial charge in [0.05, 0.1) is 7.11 Å². The Kier molecular flexibility index (Phi) is 6.23. The van der Waals surface area contributed by atoms with E-state index in [0.717, 1.165) is 5.56 Å². The van der Waals surface area contributed by atoms with Crippen LogP contribution in [0.3, 0.4) is 0 Å². The third-order valence-electron chi connectivity index (χ3n) is 4.63. The fraction of sp³-hybridized carbons (Fsp3) is 0.238. The molecule has 0 saturated heterocycles. The standard InChI is InChI=1S/C21H23N3O5S/c1-14-20(15(2)29-23-14)22-21(25)17-10-11-18(28-4)19(12-17)30(26,27)24(3)13-16-8-6-5-7-9-16/h5-12H,13H2,1-4H3,(H,22,25). The van der Waals surface area contributed by atoms with Gasteiger partial charge in [-0.2, -0.15) is 4.31 Å². The molecule has 8 nitrogen and oxygen atoms in total. The van der Waals surface area contributed by atoms with Crippen LogP contribution in [0.15, 0.2) is 57.9 Å². The lowest BCUT2D eigenvalue weighted by atomic mass is 10.2. The van der Waals surface area contributed by atoms with Gasteiger partial charge in [0.15, 0.2) is 5.76 Å². The van der Waals surface area contributed by atoms with Crippen LogP contribution in [-0.4, -0.2) is 37.9 Å². The molecule has 0 unspecified atom stereocenters. The SMILES string of the molecule is COc1ccc(C(=O)Nc2c(C)noc2C)cc1S(=O)(=O)N(C)Cc1ccccc1. The van der Waals surface area contributed by atoms with Crippen LogP contribution >= 0.6 is 0 Å². The highest BCUT2D eigenvalue weighted by Crippen LogP contribution is 2.29. The van der Waals surface area contributed by atoms with Crippen LogP contribution in [0.2, 0.25) is 0 Å². The van der Waals surface area contributed by atoms with Gasteiger partial charge in [0, 0.05) is 19.2 Å². The second-order valence-corrected chi connectivity index (χ2v) is 8.78. The molecule has 1 heterocycles. The molecule has 0 atom stereocenters. The summed E-state index contributed by atoms with van der Waals surface area (Å²) in [6, 6.07) is 13.5. The Hall–Kier alpha value is -3.17. The molecular weight excluding hydrogens is 406 g/mol. The molecule has 0 spiro atoms. The van der Waals surface area contributed by atoms with Gasteiger partial charge in [0.1, 0.15) is 22.0 Å². The molecule has 1 amide bonds. The van der Waals surface area contributed by atoms with Gasteiger partial charge in [-0.15, -0.1) is 0 Å². The van der Waals surface area contributed by atoms with Gasteiger partial charge in [0.25, 0.3) is 5.91 Å². The molecule has 3 aromatic rings. The molecule has 0 radical (unpaired) electrons. The Morgan fingerprint density at radius 2 is 1.87 bits per heavy atom. The number of aromatic nitrogens is 1. The van der Waals surface area contributed by atoms with Crippen LogP contribution in [0.25, 0.3) is 0 Å². The molecule has 0 saturated carbocycles. The molecule has 0 aliphatic heterocycles. The topological polar surface area (TPSA) is 102 Å². The highest BCUT2D eigenvalue weighted by atomic mass is 32.2. The third kappa shape index (κ3) is 4.37. The van der Waals surface area contributed by atoms with Gasteiger partial charge >= 0.3 is 0 Å². The second kappa shape index (κ2) is 8.68. The molecule has 0 bridgehead atoms. The fourth-order valence-corrected chi connectivity index (χ4v) is 4.30. The van der Waals surface area contributed by atoms with Crippen LogP contribution in [0.1, 0.15) is 27.4 Å². The summed E-state index contributed by atoms with van der Waals surface area (Å²) in [5, 5.41) is 6.51. The monoisotopic (exact) mass is 429 g/mol. The Morgan fingerprint density at radius 3 is 2.47 bits per heavy atom. The van der Waals surface area contributed by atoms with Crippen molar-refractivity contribution < 1.29 is 22.5 Å². The van der Waals surface area contributed by atoms with Crippen molar-refractivity contribution in [3.05, 3.63) is 71.1 Å². The summed E-state index contributed by atoms with van der Waals surface area (Å²) in [5.41, 5.74) is 2.00. The van der Waals surface area contributed by atoms with E-state index in [1.54, 1.807) is 13.8 Å². The molecular formula is C21H23N3O5S. The highest BCUT2D eigenvalue weighted by molar-refractivity contribution is 7.89. The van der Waals surface area contributed by atoms with E-state index >= 15 is 0 Å². The van der Waals surface area contributed by atoms with Crippen molar-refractivity contribution >= 4 is 21.6 Å². The van der Waals surface area contributed by atoms with E-state index < -0.39 is 15.9 Å². The first-order chi connectivity index (χ1) is 14.2. The lowest BCUT2D eigenvalue weighted by Crippen LogP contribution is -2.27. The van der Waals surface area contributed by atoms with E-state index in [9.17, 15) is 13.2 Å². The molecule has 0 aliphatic rings. The van der Waals surface area contributed by atoms with Crippen LogP contribution in [-0.2, 0) is 16.6 Å². The van der Waals surface area contributed by atoms with E-state index in [4.69, 9.17) is 9.26 Å². The van der Waals surface area contributed by atoms with Crippen molar-refractivity contribution in [3.63, 3.8) is 0 Å². The van der Waals surface area contributed by atoms with Gasteiger partial charge in [-0.25, -0.2) is 8.42 Å². The lowest BCUT2D eigenvalue weighted by Gasteiger charge is -2.19. The number of nitrogens with zero attached hydrogens (tertiary/aromatic N) is 2. The van der Waals surface area contributed by atoms with E-state index in [0.29, 0.717) is 17.1 Å². The minimum absolute atomic E-state index is 0.0881. The van der Waals surface area contributed by atoms with Gasteiger partial charge in [-0.3, -0.25) is 4.79 Å². The second-order valence-electron chi connectivity index (χ2n) is 6.77. The molecule has 0 aliphatic carbocycles. The number of nitrogens with one attached hydrogen (secondary N) is 1. The van der Waals surface area contributed by atoms with Crippen molar-refractivity contribution in [1.82, 2.24) is 9.46 Å². The van der Waals surface area contributed by atoms with Crippen LogP contribution < -0.4 is 10.1 Å². The number of amides is 1. The maximum Gasteiger partial charge on any atom is 0.255 e. The number of sulfonamides is 1. The van der Waals surface area contributed by atoms with Crippen molar-refractivity contribution in [1.29, 1.82) is 0 Å². The number of methoxy groups -OCH3 is 1. The van der Waals surface area contributed by atoms with Gasteiger partial charge < -0.3 is 14.6 Å². The minimum atomic E-state index is -3.92. The number of benzene rings is 2. The Labute approximate surface area is 175 Å². The first kappa shape index (κ1) is 21.5. The average Bonchev–Trinajstić information content (AvgIpc) is 3.05. The molecule has 0 fully saturated rings. The van der Waals surface area contributed by atoms with Crippen molar-refractivity contribution in [2.75, 3.05) is 19.5 Å². The number of aryl methyl sites for hydroxylation is 2. The predicted octanol–water partition coefficient (Wildman–Crippen LogP) is 3.37. The number of carbonyl (C=O) groups is 1. The molecule has 1 N–H and O–H groups in total. The quantitative estimate of drug-likeness (QED) is 0.618. The predicted molar refractivity (Wildman–Crippen MR) is 112 cm³/mol. The third-order valence-corrected chi connectivity index (χ3v) is 6.46. The number of ether oxygens (including phenoxy) is 1. The van der Waals surface area contributed by atoms with Crippen LogP contribution in [0, 0.1) is 13.8 Å².